The van der Waals surface area contributed by atoms with Crippen LogP contribution in [0.2, 0.25) is 0 Å². The van der Waals surface area contributed by atoms with Crippen LogP contribution in [0.1, 0.15) is 18.9 Å². The van der Waals surface area contributed by atoms with Crippen molar-refractivity contribution in [3.63, 3.8) is 0 Å². The number of rotatable bonds is 1. The lowest BCUT2D eigenvalue weighted by atomic mass is 10.0. The van der Waals surface area contributed by atoms with Crippen molar-refractivity contribution in [2.24, 2.45) is 0 Å². The SMILES string of the molecule is CC(=C1C=CC(=O)C1)c1ccccc1. The van der Waals surface area contributed by atoms with Gasteiger partial charge in [0.1, 0.15) is 0 Å². The van der Waals surface area contributed by atoms with E-state index in [1.165, 1.54) is 11.1 Å². The van der Waals surface area contributed by atoms with Crippen molar-refractivity contribution in [2.45, 2.75) is 13.3 Å². The van der Waals surface area contributed by atoms with Gasteiger partial charge in [-0.05, 0) is 29.7 Å². The van der Waals surface area contributed by atoms with Crippen LogP contribution in [0.5, 0.6) is 0 Å². The molecule has 0 spiro atoms. The van der Waals surface area contributed by atoms with Crippen LogP contribution in [-0.4, -0.2) is 5.78 Å². The zero-order chi connectivity index (χ0) is 9.97. The van der Waals surface area contributed by atoms with Crippen LogP contribution in [0, 0.1) is 0 Å². The third kappa shape index (κ3) is 1.67. The highest BCUT2D eigenvalue weighted by atomic mass is 16.1. The van der Waals surface area contributed by atoms with Crippen molar-refractivity contribution in [1.82, 2.24) is 0 Å². The first-order valence-electron chi connectivity index (χ1n) is 4.73. The van der Waals surface area contributed by atoms with Gasteiger partial charge in [-0.1, -0.05) is 36.4 Å². The highest BCUT2D eigenvalue weighted by Gasteiger charge is 2.11. The maximum atomic E-state index is 11.1. The van der Waals surface area contributed by atoms with Gasteiger partial charge in [-0.2, -0.15) is 0 Å². The standard InChI is InChI=1S/C13H12O/c1-10(11-5-3-2-4-6-11)12-7-8-13(14)9-12/h2-8H,9H2,1H3. The smallest absolute Gasteiger partial charge is 0.160 e. The summed E-state index contributed by atoms with van der Waals surface area (Å²) in [5.41, 5.74) is 3.54. The number of ketones is 1. The van der Waals surface area contributed by atoms with Gasteiger partial charge >= 0.3 is 0 Å². The first-order valence-corrected chi connectivity index (χ1v) is 4.73. The van der Waals surface area contributed by atoms with Crippen LogP contribution < -0.4 is 0 Å². The third-order valence-corrected chi connectivity index (χ3v) is 2.52. The van der Waals surface area contributed by atoms with E-state index < -0.39 is 0 Å². The molecule has 1 nitrogen and oxygen atoms in total. The second-order valence-corrected chi connectivity index (χ2v) is 3.49. The van der Waals surface area contributed by atoms with E-state index in [1.54, 1.807) is 6.08 Å². The van der Waals surface area contributed by atoms with E-state index >= 15 is 0 Å². The molecular weight excluding hydrogens is 172 g/mol. The molecule has 1 aromatic carbocycles. The fourth-order valence-corrected chi connectivity index (χ4v) is 1.63. The average Bonchev–Trinajstić information content (AvgIpc) is 2.65. The first kappa shape index (κ1) is 8.95. The van der Waals surface area contributed by atoms with E-state index in [1.807, 2.05) is 24.3 Å². The summed E-state index contributed by atoms with van der Waals surface area (Å²) in [6, 6.07) is 10.2. The van der Waals surface area contributed by atoms with Crippen molar-refractivity contribution in [3.8, 4) is 0 Å². The van der Waals surface area contributed by atoms with Gasteiger partial charge in [-0.25, -0.2) is 0 Å². The monoisotopic (exact) mass is 184 g/mol. The topological polar surface area (TPSA) is 17.1 Å². The van der Waals surface area contributed by atoms with Crippen molar-refractivity contribution >= 4 is 11.4 Å². The van der Waals surface area contributed by atoms with Gasteiger partial charge in [0.2, 0.25) is 0 Å². The van der Waals surface area contributed by atoms with E-state index in [-0.39, 0.29) is 5.78 Å². The van der Waals surface area contributed by atoms with Gasteiger partial charge < -0.3 is 0 Å². The normalized spacial score (nSPS) is 18.8. The number of allylic oxidation sites excluding steroid dienone is 4. The molecule has 1 aromatic rings. The Morgan fingerprint density at radius 2 is 1.86 bits per heavy atom. The Morgan fingerprint density at radius 3 is 2.43 bits per heavy atom. The minimum Gasteiger partial charge on any atom is -0.294 e. The van der Waals surface area contributed by atoms with Crippen LogP contribution in [-0.2, 0) is 4.79 Å². The van der Waals surface area contributed by atoms with Crippen molar-refractivity contribution in [3.05, 3.63) is 53.6 Å². The number of hydrogen-bond donors (Lipinski definition) is 0. The van der Waals surface area contributed by atoms with Gasteiger partial charge in [-0.3, -0.25) is 4.79 Å². The Bertz CT molecular complexity index is 410. The Balaban J connectivity index is 2.37. The third-order valence-electron chi connectivity index (χ3n) is 2.52. The van der Waals surface area contributed by atoms with Gasteiger partial charge in [0.05, 0.1) is 0 Å². The van der Waals surface area contributed by atoms with E-state index in [0.29, 0.717) is 6.42 Å². The number of benzene rings is 1. The van der Waals surface area contributed by atoms with E-state index in [9.17, 15) is 4.79 Å². The first-order chi connectivity index (χ1) is 6.77. The molecule has 0 atom stereocenters. The fraction of sp³-hybridized carbons (Fsp3) is 0.154. The summed E-state index contributed by atoms with van der Waals surface area (Å²) in [4.78, 5) is 11.1. The molecule has 0 saturated heterocycles. The summed E-state index contributed by atoms with van der Waals surface area (Å²) in [6.07, 6.45) is 4.13. The summed E-state index contributed by atoms with van der Waals surface area (Å²) in [6.45, 7) is 2.06. The molecule has 1 aliphatic rings. The zero-order valence-electron chi connectivity index (χ0n) is 8.16. The van der Waals surface area contributed by atoms with Crippen molar-refractivity contribution in [2.75, 3.05) is 0 Å². The molecule has 0 amide bonds. The van der Waals surface area contributed by atoms with Crippen LogP contribution in [0.3, 0.4) is 0 Å². The zero-order valence-corrected chi connectivity index (χ0v) is 8.16. The number of carbonyl (C=O) groups is 1. The molecule has 0 bridgehead atoms. The van der Waals surface area contributed by atoms with Crippen LogP contribution >= 0.6 is 0 Å². The lowest BCUT2D eigenvalue weighted by molar-refractivity contribution is -0.113. The molecule has 0 aliphatic heterocycles. The van der Waals surface area contributed by atoms with E-state index in [4.69, 9.17) is 0 Å². The highest BCUT2D eigenvalue weighted by Crippen LogP contribution is 2.24. The number of hydrogen-bond acceptors (Lipinski definition) is 1. The lowest BCUT2D eigenvalue weighted by Crippen LogP contribution is -1.88. The summed E-state index contributed by atoms with van der Waals surface area (Å²) in [5.74, 6) is 0.204. The summed E-state index contributed by atoms with van der Waals surface area (Å²) < 4.78 is 0. The molecule has 0 saturated carbocycles. The second-order valence-electron chi connectivity index (χ2n) is 3.49. The molecule has 1 aliphatic carbocycles. The Morgan fingerprint density at radius 1 is 1.14 bits per heavy atom. The van der Waals surface area contributed by atoms with E-state index in [0.717, 1.165) is 5.57 Å². The summed E-state index contributed by atoms with van der Waals surface area (Å²) in [7, 11) is 0. The van der Waals surface area contributed by atoms with Crippen molar-refractivity contribution in [1.29, 1.82) is 0 Å². The molecule has 0 aromatic heterocycles. The lowest BCUT2D eigenvalue weighted by Gasteiger charge is -2.03. The van der Waals surface area contributed by atoms with Gasteiger partial charge in [0.15, 0.2) is 5.78 Å². The largest absolute Gasteiger partial charge is 0.294 e. The van der Waals surface area contributed by atoms with Crippen LogP contribution in [0.25, 0.3) is 5.57 Å². The molecule has 0 unspecified atom stereocenters. The highest BCUT2D eigenvalue weighted by molar-refractivity contribution is 5.98. The average molecular weight is 184 g/mol. The van der Waals surface area contributed by atoms with Gasteiger partial charge in [-0.15, -0.1) is 0 Å². The maximum Gasteiger partial charge on any atom is 0.160 e. The molecular formula is C13H12O. The molecule has 1 heteroatoms. The predicted octanol–water partition coefficient (Wildman–Crippen LogP) is 2.99. The Hall–Kier alpha value is -1.63. The van der Waals surface area contributed by atoms with Crippen molar-refractivity contribution < 1.29 is 4.79 Å². The quantitative estimate of drug-likeness (QED) is 0.655. The Kier molecular flexibility index (Phi) is 2.32. The number of carbonyl (C=O) groups excluding carboxylic acids is 1. The molecule has 0 heterocycles. The summed E-state index contributed by atoms with van der Waals surface area (Å²) >= 11 is 0. The molecule has 0 N–H and O–H groups in total. The van der Waals surface area contributed by atoms with Gasteiger partial charge in [0, 0.05) is 6.42 Å². The van der Waals surface area contributed by atoms with E-state index in [2.05, 4.69) is 19.1 Å². The molecule has 70 valence electrons. The molecule has 0 fully saturated rings. The molecule has 0 radical (unpaired) electrons. The maximum absolute atomic E-state index is 11.1. The van der Waals surface area contributed by atoms with Crippen LogP contribution in [0.4, 0.5) is 0 Å². The van der Waals surface area contributed by atoms with Crippen LogP contribution in [0.15, 0.2) is 48.1 Å². The van der Waals surface area contributed by atoms with Gasteiger partial charge in [0.25, 0.3) is 0 Å². The minimum atomic E-state index is 0.204. The Labute approximate surface area is 83.8 Å². The summed E-state index contributed by atoms with van der Waals surface area (Å²) in [5, 5.41) is 0. The fourth-order valence-electron chi connectivity index (χ4n) is 1.63. The minimum absolute atomic E-state index is 0.204. The molecule has 14 heavy (non-hydrogen) atoms. The predicted molar refractivity (Wildman–Crippen MR) is 57.8 cm³/mol. The second kappa shape index (κ2) is 3.62. The molecule has 2 rings (SSSR count).